The number of amides is 2. The highest BCUT2D eigenvalue weighted by Crippen LogP contribution is 2.22. The molecule has 0 fully saturated rings. The number of halogens is 1. The normalized spacial score (nSPS) is 10.0. The molecule has 6 nitrogen and oxygen atoms in total. The number of carboxylic acid groups (broad SMARTS) is 1. The van der Waals surface area contributed by atoms with E-state index in [2.05, 4.69) is 10.6 Å². The van der Waals surface area contributed by atoms with Crippen LogP contribution in [0.15, 0.2) is 18.2 Å². The number of carboxylic acids is 1. The second kappa shape index (κ2) is 7.60. The number of hydrogen-bond acceptors (Lipinski definition) is 3. The van der Waals surface area contributed by atoms with Gasteiger partial charge >= 0.3 is 12.0 Å². The summed E-state index contributed by atoms with van der Waals surface area (Å²) < 4.78 is 5.06. The standard InChI is InChI=1S/C12H15ClN2O4/c1-2-19-6-5-14-12(18)15-10-7-8(11(16)17)3-4-9(10)13/h3-4,7H,2,5-6H2,1H3,(H,16,17)(H2,14,15,18). The number of rotatable bonds is 6. The molecule has 0 spiro atoms. The van der Waals surface area contributed by atoms with Gasteiger partial charge in [0.1, 0.15) is 0 Å². The van der Waals surface area contributed by atoms with E-state index in [9.17, 15) is 9.59 Å². The molecule has 19 heavy (non-hydrogen) atoms. The van der Waals surface area contributed by atoms with Gasteiger partial charge in [0.2, 0.25) is 0 Å². The van der Waals surface area contributed by atoms with Gasteiger partial charge in [-0.2, -0.15) is 0 Å². The van der Waals surface area contributed by atoms with Gasteiger partial charge in [-0.05, 0) is 25.1 Å². The Morgan fingerprint density at radius 1 is 1.42 bits per heavy atom. The third-order valence-electron chi connectivity index (χ3n) is 2.20. The van der Waals surface area contributed by atoms with Crippen molar-refractivity contribution in [2.45, 2.75) is 6.92 Å². The average Bonchev–Trinajstić information content (AvgIpc) is 2.37. The summed E-state index contributed by atoms with van der Waals surface area (Å²) in [7, 11) is 0. The molecule has 0 saturated heterocycles. The molecule has 0 unspecified atom stereocenters. The summed E-state index contributed by atoms with van der Waals surface area (Å²) in [5.41, 5.74) is 0.296. The number of aromatic carboxylic acids is 1. The van der Waals surface area contributed by atoms with Gasteiger partial charge in [-0.1, -0.05) is 11.6 Å². The van der Waals surface area contributed by atoms with E-state index >= 15 is 0 Å². The SMILES string of the molecule is CCOCCNC(=O)Nc1cc(C(=O)O)ccc1Cl. The molecule has 0 saturated carbocycles. The Balaban J connectivity index is 2.58. The van der Waals surface area contributed by atoms with Gasteiger partial charge in [0.05, 0.1) is 22.9 Å². The Bertz CT molecular complexity index is 465. The van der Waals surface area contributed by atoms with Crippen molar-refractivity contribution in [3.8, 4) is 0 Å². The first-order chi connectivity index (χ1) is 9.04. The van der Waals surface area contributed by atoms with Gasteiger partial charge in [-0.25, -0.2) is 9.59 Å². The van der Waals surface area contributed by atoms with Crippen molar-refractivity contribution in [3.63, 3.8) is 0 Å². The molecule has 7 heteroatoms. The molecule has 104 valence electrons. The number of benzene rings is 1. The molecule has 0 bridgehead atoms. The van der Waals surface area contributed by atoms with Gasteiger partial charge in [-0.15, -0.1) is 0 Å². The number of urea groups is 1. The van der Waals surface area contributed by atoms with Gasteiger partial charge in [0.15, 0.2) is 0 Å². The van der Waals surface area contributed by atoms with Crippen LogP contribution in [-0.4, -0.2) is 36.9 Å². The zero-order valence-corrected chi connectivity index (χ0v) is 11.2. The second-order valence-corrected chi connectivity index (χ2v) is 3.98. The lowest BCUT2D eigenvalue weighted by Crippen LogP contribution is -2.31. The van der Waals surface area contributed by atoms with E-state index in [-0.39, 0.29) is 16.3 Å². The number of hydrogen-bond donors (Lipinski definition) is 3. The second-order valence-electron chi connectivity index (χ2n) is 3.58. The Hall–Kier alpha value is -1.79. The first-order valence-electron chi connectivity index (χ1n) is 5.70. The van der Waals surface area contributed by atoms with E-state index in [1.807, 2.05) is 6.92 Å². The van der Waals surface area contributed by atoms with Crippen molar-refractivity contribution in [2.24, 2.45) is 0 Å². The number of carbonyl (C=O) groups is 2. The average molecular weight is 287 g/mol. The number of anilines is 1. The smallest absolute Gasteiger partial charge is 0.335 e. The quantitative estimate of drug-likeness (QED) is 0.700. The Morgan fingerprint density at radius 3 is 2.79 bits per heavy atom. The van der Waals surface area contributed by atoms with Crippen LogP contribution in [-0.2, 0) is 4.74 Å². The van der Waals surface area contributed by atoms with Crippen LogP contribution in [0.5, 0.6) is 0 Å². The fourth-order valence-corrected chi connectivity index (χ4v) is 1.47. The predicted molar refractivity (Wildman–Crippen MR) is 71.9 cm³/mol. The molecule has 0 aliphatic carbocycles. The summed E-state index contributed by atoms with van der Waals surface area (Å²) in [5.74, 6) is -1.09. The van der Waals surface area contributed by atoms with E-state index in [0.29, 0.717) is 19.8 Å². The minimum Gasteiger partial charge on any atom is -0.478 e. The molecule has 2 amide bonds. The Labute approximate surface area is 115 Å². The van der Waals surface area contributed by atoms with E-state index in [0.717, 1.165) is 0 Å². The number of ether oxygens (including phenoxy) is 1. The minimum absolute atomic E-state index is 0.0500. The highest BCUT2D eigenvalue weighted by Gasteiger charge is 2.09. The predicted octanol–water partition coefficient (Wildman–Crippen LogP) is 2.20. The van der Waals surface area contributed by atoms with E-state index in [1.165, 1.54) is 18.2 Å². The molecule has 1 aromatic rings. The summed E-state index contributed by atoms with van der Waals surface area (Å²) in [5, 5.41) is 14.2. The first kappa shape index (κ1) is 15.3. The zero-order valence-electron chi connectivity index (χ0n) is 10.4. The van der Waals surface area contributed by atoms with Gasteiger partial charge in [-0.3, -0.25) is 0 Å². The summed E-state index contributed by atoms with van der Waals surface area (Å²) in [6.07, 6.45) is 0. The Morgan fingerprint density at radius 2 is 2.16 bits per heavy atom. The van der Waals surface area contributed by atoms with Crippen LogP contribution < -0.4 is 10.6 Å². The van der Waals surface area contributed by atoms with Crippen molar-refractivity contribution in [1.29, 1.82) is 0 Å². The van der Waals surface area contributed by atoms with Crippen molar-refractivity contribution >= 4 is 29.3 Å². The number of nitrogens with one attached hydrogen (secondary N) is 2. The van der Waals surface area contributed by atoms with Crippen LogP contribution in [0.3, 0.4) is 0 Å². The van der Waals surface area contributed by atoms with Crippen molar-refractivity contribution < 1.29 is 19.4 Å². The van der Waals surface area contributed by atoms with Crippen molar-refractivity contribution in [3.05, 3.63) is 28.8 Å². The molecule has 0 heterocycles. The van der Waals surface area contributed by atoms with Crippen LogP contribution >= 0.6 is 11.6 Å². The molecule has 3 N–H and O–H groups in total. The molecular weight excluding hydrogens is 272 g/mol. The topological polar surface area (TPSA) is 87.7 Å². The van der Waals surface area contributed by atoms with Crippen LogP contribution in [0.4, 0.5) is 10.5 Å². The van der Waals surface area contributed by atoms with Crippen molar-refractivity contribution in [1.82, 2.24) is 5.32 Å². The largest absolute Gasteiger partial charge is 0.478 e. The molecule has 1 aromatic carbocycles. The lowest BCUT2D eigenvalue weighted by molar-refractivity contribution is 0.0697. The monoisotopic (exact) mass is 286 g/mol. The van der Waals surface area contributed by atoms with Crippen LogP contribution in [0, 0.1) is 0 Å². The zero-order chi connectivity index (χ0) is 14.3. The van der Waals surface area contributed by atoms with E-state index in [1.54, 1.807) is 0 Å². The fraction of sp³-hybridized carbons (Fsp3) is 0.333. The minimum atomic E-state index is -1.09. The maximum absolute atomic E-state index is 11.5. The van der Waals surface area contributed by atoms with Crippen LogP contribution in [0.1, 0.15) is 17.3 Å². The third kappa shape index (κ3) is 5.15. The third-order valence-corrected chi connectivity index (χ3v) is 2.53. The summed E-state index contributed by atoms with van der Waals surface area (Å²) in [4.78, 5) is 22.3. The molecule has 0 aliphatic heterocycles. The molecule has 0 aromatic heterocycles. The van der Waals surface area contributed by atoms with Crippen LogP contribution in [0.25, 0.3) is 0 Å². The maximum atomic E-state index is 11.5. The molecular formula is C12H15ClN2O4. The van der Waals surface area contributed by atoms with Gasteiger partial charge in [0.25, 0.3) is 0 Å². The lowest BCUT2D eigenvalue weighted by atomic mass is 10.2. The first-order valence-corrected chi connectivity index (χ1v) is 6.07. The van der Waals surface area contributed by atoms with E-state index < -0.39 is 12.0 Å². The van der Waals surface area contributed by atoms with Gasteiger partial charge < -0.3 is 20.5 Å². The highest BCUT2D eigenvalue weighted by molar-refractivity contribution is 6.33. The number of carbonyl (C=O) groups excluding carboxylic acids is 1. The van der Waals surface area contributed by atoms with Gasteiger partial charge in [0, 0.05) is 13.2 Å². The van der Waals surface area contributed by atoms with E-state index in [4.69, 9.17) is 21.4 Å². The maximum Gasteiger partial charge on any atom is 0.335 e. The molecule has 0 aliphatic rings. The fourth-order valence-electron chi connectivity index (χ4n) is 1.30. The highest BCUT2D eigenvalue weighted by atomic mass is 35.5. The molecule has 1 rings (SSSR count). The lowest BCUT2D eigenvalue weighted by Gasteiger charge is -2.09. The Kier molecular flexibility index (Phi) is 6.11. The summed E-state index contributed by atoms with van der Waals surface area (Å²) in [6, 6.07) is 3.61. The molecule has 0 atom stereocenters. The van der Waals surface area contributed by atoms with Crippen molar-refractivity contribution in [2.75, 3.05) is 25.1 Å². The van der Waals surface area contributed by atoms with Crippen LogP contribution in [0.2, 0.25) is 5.02 Å². The summed E-state index contributed by atoms with van der Waals surface area (Å²) in [6.45, 7) is 3.20. The molecule has 0 radical (unpaired) electrons. The summed E-state index contributed by atoms with van der Waals surface area (Å²) >= 11 is 5.87.